The first kappa shape index (κ1) is 28.1. The number of aliphatic hydroxyl groups is 1. The quantitative estimate of drug-likeness (QED) is 0.281. The predicted molar refractivity (Wildman–Crippen MR) is 163 cm³/mol. The SMILES string of the molecule is COc1ccc(CN2CCN(c3ccc(-c4cc(-c5cnn(CC(C)(C)O)c5)cn5nc(N)c(C#N)c45)cn3)CC2)cn1. The van der Waals surface area contributed by atoms with E-state index in [0.29, 0.717) is 23.5 Å². The standard InChI is InChI=1S/C31H34N10O2/c1-31(2,42)20-40-18-24(16-36-40)23-12-25(29-26(13-32)30(33)37-41(29)19-23)22-5-6-27(34-15-22)39-10-8-38(9-11-39)17-21-4-7-28(43-3)35-14-21/h4-7,12,14-16,18-19,42H,8-11,17,20H2,1-3H3,(H2,33,37). The van der Waals surface area contributed by atoms with E-state index >= 15 is 0 Å². The van der Waals surface area contributed by atoms with E-state index in [1.165, 1.54) is 0 Å². The van der Waals surface area contributed by atoms with Gasteiger partial charge in [-0.2, -0.15) is 10.4 Å². The van der Waals surface area contributed by atoms with E-state index < -0.39 is 5.60 Å². The third kappa shape index (κ3) is 5.99. The van der Waals surface area contributed by atoms with Crippen molar-refractivity contribution in [2.75, 3.05) is 43.9 Å². The van der Waals surface area contributed by atoms with Crippen LogP contribution in [0.25, 0.3) is 27.8 Å². The normalized spacial score (nSPS) is 14.3. The van der Waals surface area contributed by atoms with Gasteiger partial charge in [0.05, 0.1) is 31.0 Å². The lowest BCUT2D eigenvalue weighted by Gasteiger charge is -2.35. The molecule has 1 aliphatic rings. The Kier molecular flexibility index (Phi) is 7.43. The number of methoxy groups -OCH3 is 1. The molecule has 0 radical (unpaired) electrons. The highest BCUT2D eigenvalue weighted by atomic mass is 16.5. The molecule has 0 unspecified atom stereocenters. The number of rotatable bonds is 8. The lowest BCUT2D eigenvalue weighted by Crippen LogP contribution is -2.46. The maximum absolute atomic E-state index is 10.2. The molecule has 0 bridgehead atoms. The molecule has 6 rings (SSSR count). The first-order chi connectivity index (χ1) is 20.7. The molecule has 3 N–H and O–H groups in total. The molecule has 6 heterocycles. The van der Waals surface area contributed by atoms with Crippen molar-refractivity contribution in [1.29, 1.82) is 5.26 Å². The monoisotopic (exact) mass is 578 g/mol. The van der Waals surface area contributed by atoms with Crippen LogP contribution in [0.1, 0.15) is 25.0 Å². The molecule has 43 heavy (non-hydrogen) atoms. The zero-order chi connectivity index (χ0) is 30.1. The number of nitrogens with zero attached hydrogens (tertiary/aromatic N) is 9. The second-order valence-electron chi connectivity index (χ2n) is 11.4. The van der Waals surface area contributed by atoms with E-state index in [-0.39, 0.29) is 5.82 Å². The minimum atomic E-state index is -0.898. The molecular weight excluding hydrogens is 544 g/mol. The molecule has 220 valence electrons. The van der Waals surface area contributed by atoms with Crippen LogP contribution in [0.5, 0.6) is 5.88 Å². The van der Waals surface area contributed by atoms with Gasteiger partial charge in [0, 0.05) is 85.8 Å². The maximum Gasteiger partial charge on any atom is 0.212 e. The van der Waals surface area contributed by atoms with E-state index in [0.717, 1.165) is 66.4 Å². The van der Waals surface area contributed by atoms with Crippen LogP contribution in [-0.2, 0) is 13.1 Å². The van der Waals surface area contributed by atoms with E-state index in [9.17, 15) is 10.4 Å². The Morgan fingerprint density at radius 3 is 2.47 bits per heavy atom. The molecule has 1 fully saturated rings. The van der Waals surface area contributed by atoms with Crippen molar-refractivity contribution in [3.63, 3.8) is 0 Å². The fraction of sp³-hybridized carbons (Fsp3) is 0.323. The molecule has 1 saturated heterocycles. The Morgan fingerprint density at radius 2 is 1.81 bits per heavy atom. The van der Waals surface area contributed by atoms with Crippen LogP contribution >= 0.6 is 0 Å². The van der Waals surface area contributed by atoms with Crippen LogP contribution in [0.3, 0.4) is 0 Å². The van der Waals surface area contributed by atoms with Gasteiger partial charge in [-0.25, -0.2) is 14.5 Å². The van der Waals surface area contributed by atoms with E-state index in [2.05, 4.69) is 37.1 Å². The highest BCUT2D eigenvalue weighted by molar-refractivity contribution is 5.90. The highest BCUT2D eigenvalue weighted by Crippen LogP contribution is 2.34. The van der Waals surface area contributed by atoms with Gasteiger partial charge in [0.25, 0.3) is 0 Å². The fourth-order valence-electron chi connectivity index (χ4n) is 5.43. The Labute approximate surface area is 249 Å². The Hall–Kier alpha value is -4.99. The summed E-state index contributed by atoms with van der Waals surface area (Å²) < 4.78 is 8.52. The third-order valence-electron chi connectivity index (χ3n) is 7.55. The first-order valence-electron chi connectivity index (χ1n) is 14.1. The van der Waals surface area contributed by atoms with Gasteiger partial charge in [-0.3, -0.25) is 9.58 Å². The average Bonchev–Trinajstić information content (AvgIpc) is 3.59. The molecule has 5 aromatic rings. The van der Waals surface area contributed by atoms with Crippen LogP contribution in [-0.4, -0.2) is 78.3 Å². The van der Waals surface area contributed by atoms with Gasteiger partial charge in [0.1, 0.15) is 17.5 Å². The lowest BCUT2D eigenvalue weighted by molar-refractivity contribution is 0.0577. The number of hydrogen-bond donors (Lipinski definition) is 2. The molecule has 1 aliphatic heterocycles. The van der Waals surface area contributed by atoms with Gasteiger partial charge in [0.2, 0.25) is 5.88 Å². The minimum absolute atomic E-state index is 0.173. The summed E-state index contributed by atoms with van der Waals surface area (Å²) in [6, 6.07) is 12.2. The Bertz CT molecular complexity index is 1770. The van der Waals surface area contributed by atoms with Crippen LogP contribution < -0.4 is 15.4 Å². The van der Waals surface area contributed by atoms with E-state index in [1.54, 1.807) is 36.4 Å². The molecule has 12 nitrogen and oxygen atoms in total. The minimum Gasteiger partial charge on any atom is -0.481 e. The van der Waals surface area contributed by atoms with Crippen LogP contribution in [0.2, 0.25) is 0 Å². The second kappa shape index (κ2) is 11.4. The number of nitrogens with two attached hydrogens (primary N) is 1. The van der Waals surface area contributed by atoms with Crippen molar-refractivity contribution in [2.45, 2.75) is 32.5 Å². The molecular formula is C31H34N10O2. The number of hydrogen-bond acceptors (Lipinski definition) is 10. The first-order valence-corrected chi connectivity index (χ1v) is 14.1. The van der Waals surface area contributed by atoms with Crippen molar-refractivity contribution in [3.8, 4) is 34.2 Å². The van der Waals surface area contributed by atoms with Crippen molar-refractivity contribution < 1.29 is 9.84 Å². The molecule has 12 heteroatoms. The largest absolute Gasteiger partial charge is 0.481 e. The summed E-state index contributed by atoms with van der Waals surface area (Å²) in [5, 5.41) is 28.9. The predicted octanol–water partition coefficient (Wildman–Crippen LogP) is 3.21. The van der Waals surface area contributed by atoms with Crippen molar-refractivity contribution in [1.82, 2.24) is 34.3 Å². The van der Waals surface area contributed by atoms with Crippen molar-refractivity contribution >= 4 is 17.2 Å². The van der Waals surface area contributed by atoms with Gasteiger partial charge < -0.3 is 20.5 Å². The van der Waals surface area contributed by atoms with Gasteiger partial charge in [-0.05, 0) is 37.6 Å². The number of ether oxygens (including phenoxy) is 1. The zero-order valence-electron chi connectivity index (χ0n) is 24.5. The summed E-state index contributed by atoms with van der Waals surface area (Å²) in [4.78, 5) is 13.8. The molecule has 0 aliphatic carbocycles. The van der Waals surface area contributed by atoms with Gasteiger partial charge in [0.15, 0.2) is 5.82 Å². The molecule has 0 saturated carbocycles. The topological polar surface area (TPSA) is 147 Å². The summed E-state index contributed by atoms with van der Waals surface area (Å²) in [6.45, 7) is 8.24. The van der Waals surface area contributed by atoms with Crippen LogP contribution in [0.4, 0.5) is 11.6 Å². The molecule has 0 atom stereocenters. The smallest absolute Gasteiger partial charge is 0.212 e. The summed E-state index contributed by atoms with van der Waals surface area (Å²) >= 11 is 0. The average molecular weight is 579 g/mol. The fourth-order valence-corrected chi connectivity index (χ4v) is 5.43. The number of fused-ring (bicyclic) bond motifs is 1. The van der Waals surface area contributed by atoms with Gasteiger partial charge in [-0.15, -0.1) is 5.10 Å². The Morgan fingerprint density at radius 1 is 1.00 bits per heavy atom. The highest BCUT2D eigenvalue weighted by Gasteiger charge is 2.21. The number of pyridine rings is 3. The zero-order valence-corrected chi connectivity index (χ0v) is 24.5. The second-order valence-corrected chi connectivity index (χ2v) is 11.4. The van der Waals surface area contributed by atoms with E-state index in [1.807, 2.05) is 49.1 Å². The Balaban J connectivity index is 1.23. The van der Waals surface area contributed by atoms with Crippen LogP contribution in [0.15, 0.2) is 61.3 Å². The lowest BCUT2D eigenvalue weighted by atomic mass is 10.0. The number of nitrogen functional groups attached to an aromatic ring is 1. The van der Waals surface area contributed by atoms with Gasteiger partial charge >= 0.3 is 0 Å². The molecule has 5 aromatic heterocycles. The number of aromatic nitrogens is 6. The summed E-state index contributed by atoms with van der Waals surface area (Å²) in [7, 11) is 1.62. The van der Waals surface area contributed by atoms with Crippen LogP contribution in [0, 0.1) is 11.3 Å². The number of nitriles is 1. The third-order valence-corrected chi connectivity index (χ3v) is 7.55. The van der Waals surface area contributed by atoms with Gasteiger partial charge in [-0.1, -0.05) is 6.07 Å². The van der Waals surface area contributed by atoms with Crippen molar-refractivity contribution in [3.05, 3.63) is 72.4 Å². The molecule has 0 aromatic carbocycles. The maximum atomic E-state index is 10.2. The number of piperazine rings is 1. The summed E-state index contributed by atoms with van der Waals surface area (Å²) in [5.41, 5.74) is 10.7. The molecule has 0 amide bonds. The number of anilines is 2. The van der Waals surface area contributed by atoms with Crippen molar-refractivity contribution in [2.24, 2.45) is 0 Å². The summed E-state index contributed by atoms with van der Waals surface area (Å²) in [5.74, 6) is 1.70. The molecule has 0 spiro atoms. The van der Waals surface area contributed by atoms with E-state index in [4.69, 9.17) is 15.5 Å². The summed E-state index contributed by atoms with van der Waals surface area (Å²) in [6.07, 6.45) is 9.18.